The van der Waals surface area contributed by atoms with Crippen LogP contribution >= 0.6 is 0 Å². The minimum atomic E-state index is -3.76. The van der Waals surface area contributed by atoms with Crippen LogP contribution in [0.4, 0.5) is 0 Å². The Labute approximate surface area is 134 Å². The molecule has 0 spiro atoms. The first-order valence-electron chi connectivity index (χ1n) is 6.83. The standard InChI is InChI=1S/C16H18O6S/c1-21-14-5-3-4-11(16(14)22-2)8-9-23(19,20)15-10-12(17)6-7-13(15)18/h3-7,10,17-18H,8-9H2,1-2H3. The zero-order chi connectivity index (χ0) is 17.0. The first-order valence-corrected chi connectivity index (χ1v) is 8.49. The molecule has 0 radical (unpaired) electrons. The second-order valence-electron chi connectivity index (χ2n) is 4.87. The Kier molecular flexibility index (Phi) is 5.00. The minimum absolute atomic E-state index is 0.178. The SMILES string of the molecule is COc1cccc(CCS(=O)(=O)c2cc(O)ccc2O)c1OC. The highest BCUT2D eigenvalue weighted by Crippen LogP contribution is 2.32. The number of rotatable bonds is 6. The van der Waals surface area contributed by atoms with Crippen LogP contribution in [0, 0.1) is 0 Å². The Hall–Kier alpha value is -2.41. The average Bonchev–Trinajstić information content (AvgIpc) is 2.54. The van der Waals surface area contributed by atoms with Crippen LogP contribution in [0.1, 0.15) is 5.56 Å². The third kappa shape index (κ3) is 3.68. The molecule has 0 saturated carbocycles. The smallest absolute Gasteiger partial charge is 0.182 e. The largest absolute Gasteiger partial charge is 0.508 e. The molecule has 0 bridgehead atoms. The van der Waals surface area contributed by atoms with E-state index in [-0.39, 0.29) is 28.6 Å². The van der Waals surface area contributed by atoms with E-state index in [0.29, 0.717) is 17.1 Å². The Morgan fingerprint density at radius 2 is 1.78 bits per heavy atom. The molecule has 0 aromatic heterocycles. The molecule has 23 heavy (non-hydrogen) atoms. The van der Waals surface area contributed by atoms with Gasteiger partial charge < -0.3 is 19.7 Å². The van der Waals surface area contributed by atoms with Crippen LogP contribution < -0.4 is 9.47 Å². The van der Waals surface area contributed by atoms with Crippen molar-refractivity contribution in [2.24, 2.45) is 0 Å². The van der Waals surface area contributed by atoms with Crippen LogP contribution in [0.5, 0.6) is 23.0 Å². The molecule has 0 heterocycles. The van der Waals surface area contributed by atoms with E-state index in [0.717, 1.165) is 12.1 Å². The number of methoxy groups -OCH3 is 2. The maximum atomic E-state index is 12.4. The minimum Gasteiger partial charge on any atom is -0.508 e. The second kappa shape index (κ2) is 6.78. The summed E-state index contributed by atoms with van der Waals surface area (Å²) >= 11 is 0. The van der Waals surface area contributed by atoms with Gasteiger partial charge in [0.1, 0.15) is 16.4 Å². The van der Waals surface area contributed by atoms with Gasteiger partial charge in [-0.05, 0) is 30.2 Å². The van der Waals surface area contributed by atoms with Crippen molar-refractivity contribution in [3.05, 3.63) is 42.0 Å². The highest BCUT2D eigenvalue weighted by molar-refractivity contribution is 7.91. The third-order valence-electron chi connectivity index (χ3n) is 3.40. The van der Waals surface area contributed by atoms with Crippen LogP contribution in [0.3, 0.4) is 0 Å². The van der Waals surface area contributed by atoms with Crippen LogP contribution in [0.25, 0.3) is 0 Å². The van der Waals surface area contributed by atoms with E-state index in [1.54, 1.807) is 18.2 Å². The molecule has 124 valence electrons. The van der Waals surface area contributed by atoms with Crippen molar-refractivity contribution in [2.45, 2.75) is 11.3 Å². The Morgan fingerprint density at radius 3 is 2.43 bits per heavy atom. The predicted octanol–water partition coefficient (Wildman–Crippen LogP) is 2.13. The molecule has 2 rings (SSSR count). The van der Waals surface area contributed by atoms with Gasteiger partial charge in [0, 0.05) is 6.07 Å². The number of aromatic hydroxyl groups is 2. The molecule has 0 atom stereocenters. The summed E-state index contributed by atoms with van der Waals surface area (Å²) in [6.45, 7) is 0. The first kappa shape index (κ1) is 17.0. The molecule has 6 nitrogen and oxygen atoms in total. The molecule has 0 unspecified atom stereocenters. The fourth-order valence-electron chi connectivity index (χ4n) is 2.26. The molecular formula is C16H18O6S. The van der Waals surface area contributed by atoms with Gasteiger partial charge in [-0.1, -0.05) is 12.1 Å². The fraction of sp³-hybridized carbons (Fsp3) is 0.250. The van der Waals surface area contributed by atoms with Crippen molar-refractivity contribution in [2.75, 3.05) is 20.0 Å². The maximum Gasteiger partial charge on any atom is 0.182 e. The van der Waals surface area contributed by atoms with Crippen LogP contribution in [0.15, 0.2) is 41.3 Å². The number of sulfone groups is 1. The summed E-state index contributed by atoms with van der Waals surface area (Å²) in [6.07, 6.45) is 0.178. The van der Waals surface area contributed by atoms with Gasteiger partial charge in [0.25, 0.3) is 0 Å². The monoisotopic (exact) mass is 338 g/mol. The summed E-state index contributed by atoms with van der Waals surface area (Å²) in [7, 11) is -0.776. The van der Waals surface area contributed by atoms with E-state index in [2.05, 4.69) is 0 Å². The number of aryl methyl sites for hydroxylation is 1. The Bertz CT molecular complexity index is 798. The van der Waals surface area contributed by atoms with Crippen LogP contribution in [-0.4, -0.2) is 38.6 Å². The third-order valence-corrected chi connectivity index (χ3v) is 5.14. The van der Waals surface area contributed by atoms with E-state index < -0.39 is 9.84 Å². The number of benzene rings is 2. The van der Waals surface area contributed by atoms with E-state index in [4.69, 9.17) is 9.47 Å². The lowest BCUT2D eigenvalue weighted by molar-refractivity contribution is 0.352. The molecule has 0 aliphatic rings. The van der Waals surface area contributed by atoms with Crippen molar-refractivity contribution in [1.82, 2.24) is 0 Å². The summed E-state index contributed by atoms with van der Waals surface area (Å²) in [5.41, 5.74) is 0.676. The van der Waals surface area contributed by atoms with Crippen LogP contribution in [0.2, 0.25) is 0 Å². The number of phenols is 2. The molecule has 0 aliphatic carbocycles. The van der Waals surface area contributed by atoms with E-state index in [9.17, 15) is 18.6 Å². The molecular weight excluding hydrogens is 320 g/mol. The van der Waals surface area contributed by atoms with Gasteiger partial charge in [0.2, 0.25) is 0 Å². The first-order chi connectivity index (χ1) is 10.9. The zero-order valence-corrected chi connectivity index (χ0v) is 13.6. The number of hydrogen-bond donors (Lipinski definition) is 2. The molecule has 0 fully saturated rings. The van der Waals surface area contributed by atoms with E-state index >= 15 is 0 Å². The molecule has 0 aliphatic heterocycles. The van der Waals surface area contributed by atoms with Gasteiger partial charge in [-0.3, -0.25) is 0 Å². The van der Waals surface area contributed by atoms with Crippen molar-refractivity contribution in [1.29, 1.82) is 0 Å². The molecule has 2 N–H and O–H groups in total. The topological polar surface area (TPSA) is 93.1 Å². The number of para-hydroxylation sites is 1. The number of ether oxygens (including phenoxy) is 2. The highest BCUT2D eigenvalue weighted by atomic mass is 32.2. The summed E-state index contributed by atoms with van der Waals surface area (Å²) in [4.78, 5) is -0.292. The average molecular weight is 338 g/mol. The lowest BCUT2D eigenvalue weighted by atomic mass is 10.1. The number of hydrogen-bond acceptors (Lipinski definition) is 6. The maximum absolute atomic E-state index is 12.4. The predicted molar refractivity (Wildman–Crippen MR) is 85.1 cm³/mol. The lowest BCUT2D eigenvalue weighted by Gasteiger charge is -2.13. The zero-order valence-electron chi connectivity index (χ0n) is 12.8. The molecule has 0 amide bonds. The van der Waals surface area contributed by atoms with Gasteiger partial charge in [0.05, 0.1) is 20.0 Å². The summed E-state index contributed by atoms with van der Waals surface area (Å²) in [6, 6.07) is 8.62. The highest BCUT2D eigenvalue weighted by Gasteiger charge is 2.21. The van der Waals surface area contributed by atoms with Crippen molar-refractivity contribution in [3.8, 4) is 23.0 Å². The van der Waals surface area contributed by atoms with Crippen molar-refractivity contribution >= 4 is 9.84 Å². The molecule has 2 aromatic carbocycles. The van der Waals surface area contributed by atoms with E-state index in [1.807, 2.05) is 0 Å². The van der Waals surface area contributed by atoms with Crippen molar-refractivity contribution < 1.29 is 28.1 Å². The Balaban J connectivity index is 2.28. The fourth-order valence-corrected chi connectivity index (χ4v) is 3.65. The van der Waals surface area contributed by atoms with Crippen LogP contribution in [-0.2, 0) is 16.3 Å². The van der Waals surface area contributed by atoms with Gasteiger partial charge >= 0.3 is 0 Å². The number of phenolic OH excluding ortho intramolecular Hbond substituents is 2. The lowest BCUT2D eigenvalue weighted by Crippen LogP contribution is -2.10. The van der Waals surface area contributed by atoms with Crippen molar-refractivity contribution in [3.63, 3.8) is 0 Å². The van der Waals surface area contributed by atoms with Gasteiger partial charge in [-0.25, -0.2) is 8.42 Å². The molecule has 7 heteroatoms. The normalized spacial score (nSPS) is 11.2. The quantitative estimate of drug-likeness (QED) is 0.784. The summed E-state index contributed by atoms with van der Waals surface area (Å²) in [5, 5.41) is 19.1. The summed E-state index contributed by atoms with van der Waals surface area (Å²) < 4.78 is 35.2. The van der Waals surface area contributed by atoms with Gasteiger partial charge in [-0.2, -0.15) is 0 Å². The van der Waals surface area contributed by atoms with E-state index in [1.165, 1.54) is 20.3 Å². The van der Waals surface area contributed by atoms with Gasteiger partial charge in [0.15, 0.2) is 21.3 Å². The second-order valence-corrected chi connectivity index (χ2v) is 6.95. The Morgan fingerprint density at radius 1 is 1.04 bits per heavy atom. The molecule has 2 aromatic rings. The summed E-state index contributed by atoms with van der Waals surface area (Å²) in [5.74, 6) is 0.141. The molecule has 0 saturated heterocycles. The van der Waals surface area contributed by atoms with Gasteiger partial charge in [-0.15, -0.1) is 0 Å².